The molecule has 5 amide bonds. The zero-order valence-corrected chi connectivity index (χ0v) is 51.6. The molecule has 2 aromatic carbocycles. The smallest absolute Gasteiger partial charge is 0.408 e. The number of hydrogen-bond acceptors (Lipinski definition) is 13. The molecule has 2 heterocycles. The second-order valence-corrected chi connectivity index (χ2v) is 25.3. The number of nitrogens with one attached hydrogen (secondary N) is 3. The minimum absolute atomic E-state index is 0.0321. The number of rotatable bonds is 15. The maximum absolute atomic E-state index is 13.7. The van der Waals surface area contributed by atoms with Crippen LogP contribution < -0.4 is 16.0 Å². The maximum Gasteiger partial charge on any atom is 0.408 e. The summed E-state index contributed by atoms with van der Waals surface area (Å²) >= 11 is 24.8. The summed E-state index contributed by atoms with van der Waals surface area (Å²) in [6.07, 6.45) is 9.07. The number of carbonyl (C=O) groups is 5. The van der Waals surface area contributed by atoms with Crippen molar-refractivity contribution < 1.29 is 48.1 Å². The molecule has 4 N–H and O–H groups in total. The van der Waals surface area contributed by atoms with Crippen LogP contribution in [0.15, 0.2) is 41.4 Å². The summed E-state index contributed by atoms with van der Waals surface area (Å²) in [7, 11) is 0. The molecule has 2 aliphatic heterocycles. The molecule has 18 nitrogen and oxygen atoms in total. The van der Waals surface area contributed by atoms with E-state index in [-0.39, 0.29) is 55.4 Å². The molecule has 6 rings (SSSR count). The minimum atomic E-state index is -0.838. The molecule has 0 bridgehead atoms. The lowest BCUT2D eigenvalue weighted by atomic mass is 9.83. The van der Waals surface area contributed by atoms with E-state index in [2.05, 4.69) is 30.7 Å². The van der Waals surface area contributed by atoms with Gasteiger partial charge in [-0.25, -0.2) is 24.2 Å². The summed E-state index contributed by atoms with van der Waals surface area (Å²) in [6.45, 7) is 23.9. The van der Waals surface area contributed by atoms with Gasteiger partial charge in [-0.05, 0) is 136 Å². The highest BCUT2D eigenvalue weighted by Crippen LogP contribution is 2.32. The lowest BCUT2D eigenvalue weighted by Crippen LogP contribution is -2.58. The second kappa shape index (κ2) is 33.0. The van der Waals surface area contributed by atoms with Gasteiger partial charge < -0.3 is 45.1 Å². The Morgan fingerprint density at radius 1 is 0.613 bits per heavy atom. The predicted molar refractivity (Wildman–Crippen MR) is 314 cm³/mol. The van der Waals surface area contributed by atoms with Crippen LogP contribution in [-0.2, 0) is 41.4 Å². The highest BCUT2D eigenvalue weighted by molar-refractivity contribution is 6.35. The normalized spacial score (nSPS) is 20.8. The SMILES string of the molecule is CC(C)(C)OC(=O)NC(Cc1ccc(Cl)cc1Cl)C(=O)N1CCN([C@@H]2CCCC[C@H]2CO)CC1.CC(C)N=C=O.CC(C)NC(=O)OC[C@@H]1CCCC[C@H]1N1CCN(C(=O)C(Cc2ccc(Cl)cc2Cl)NC(=O)OC(C)(C)C)CC1. The van der Waals surface area contributed by atoms with Gasteiger partial charge in [0.25, 0.3) is 0 Å². The van der Waals surface area contributed by atoms with Gasteiger partial charge in [0.15, 0.2) is 0 Å². The molecule has 0 spiro atoms. The number of isocyanates is 1. The number of alkyl carbamates (subject to hydrolysis) is 3. The Balaban J connectivity index is 0.000000315. The van der Waals surface area contributed by atoms with Crippen LogP contribution in [0.4, 0.5) is 14.4 Å². The molecular formula is C58H88Cl4N8O10. The average Bonchev–Trinajstić information content (AvgIpc) is 3.43. The molecule has 2 aromatic rings. The van der Waals surface area contributed by atoms with Crippen molar-refractivity contribution in [1.29, 1.82) is 0 Å². The van der Waals surface area contributed by atoms with E-state index in [4.69, 9.17) is 60.6 Å². The molecule has 2 saturated heterocycles. The van der Waals surface area contributed by atoms with Gasteiger partial charge in [-0.15, -0.1) is 0 Å². The molecule has 0 radical (unpaired) electrons. The van der Waals surface area contributed by atoms with E-state index in [1.807, 2.05) is 27.7 Å². The first-order valence-corrected chi connectivity index (χ1v) is 29.7. The highest BCUT2D eigenvalue weighted by Gasteiger charge is 2.38. The van der Waals surface area contributed by atoms with Gasteiger partial charge >= 0.3 is 18.3 Å². The van der Waals surface area contributed by atoms with E-state index >= 15 is 0 Å². The van der Waals surface area contributed by atoms with E-state index in [1.54, 1.807) is 87.7 Å². The summed E-state index contributed by atoms with van der Waals surface area (Å²) in [4.78, 5) is 85.5. The monoisotopic (exact) mass is 1200 g/mol. The fourth-order valence-corrected chi connectivity index (χ4v) is 11.4. The number of carbonyl (C=O) groups excluding carboxylic acids is 6. The number of aliphatic hydroxyl groups is 1. The lowest BCUT2D eigenvalue weighted by molar-refractivity contribution is -0.136. The molecule has 448 valence electrons. The predicted octanol–water partition coefficient (Wildman–Crippen LogP) is 10.1. The maximum atomic E-state index is 13.7. The Bertz CT molecular complexity index is 2370. The number of piperazine rings is 2. The first-order valence-electron chi connectivity index (χ1n) is 28.2. The van der Waals surface area contributed by atoms with Crippen LogP contribution in [0.2, 0.25) is 20.1 Å². The van der Waals surface area contributed by atoms with Crippen molar-refractivity contribution in [3.8, 4) is 0 Å². The van der Waals surface area contributed by atoms with Crippen molar-refractivity contribution >= 4 is 82.6 Å². The molecule has 80 heavy (non-hydrogen) atoms. The number of amides is 5. The highest BCUT2D eigenvalue weighted by atomic mass is 35.5. The third kappa shape index (κ3) is 23.8. The molecule has 22 heteroatoms. The molecule has 2 saturated carbocycles. The third-order valence-corrected chi connectivity index (χ3v) is 15.3. The fourth-order valence-electron chi connectivity index (χ4n) is 10.4. The lowest BCUT2D eigenvalue weighted by Gasteiger charge is -2.44. The Morgan fingerprint density at radius 3 is 1.36 bits per heavy atom. The first kappa shape index (κ1) is 68.1. The van der Waals surface area contributed by atoms with Crippen molar-refractivity contribution in [2.75, 3.05) is 65.6 Å². The van der Waals surface area contributed by atoms with E-state index in [0.29, 0.717) is 89.5 Å². The molecule has 4 fully saturated rings. The van der Waals surface area contributed by atoms with Crippen molar-refractivity contribution in [3.05, 3.63) is 67.6 Å². The minimum Gasteiger partial charge on any atom is -0.449 e. The zero-order valence-electron chi connectivity index (χ0n) is 48.6. The summed E-state index contributed by atoms with van der Waals surface area (Å²) in [5, 5.41) is 20.0. The fraction of sp³-hybridized carbons (Fsp3) is 0.690. The average molecular weight is 1200 g/mol. The standard InChI is InChI=1S/C29H44Cl2N4O5.C25H37Cl2N3O4.C4H7NO/c1-19(2)32-27(37)39-18-21-8-6-7-9-25(21)34-12-14-35(15-13-34)26(36)24(33-28(38)40-29(3,4)5)16-20-10-11-22(30)17-23(20)31;1-25(2,3)34-24(33)28-21(14-17-8-9-19(26)15-20(17)27)23(32)30-12-10-29(11-13-30)22-7-5-4-6-18(22)16-31;1-4(2)5-3-6/h10-11,17,19,21,24-25H,6-9,12-16,18H2,1-5H3,(H,32,37)(H,33,38);8-9,15,18,21-22,31H,4-7,10-14,16H2,1-3H3,(H,28,33);4H,1-2H3/t21-,24?,25+;18-,21?,22+;/m00./s1. The number of nitrogens with zero attached hydrogens (tertiary/aromatic N) is 5. The molecule has 0 aromatic heterocycles. The van der Waals surface area contributed by atoms with Gasteiger partial charge in [0.05, 0.1) is 12.6 Å². The molecular weight excluding hydrogens is 1110 g/mol. The van der Waals surface area contributed by atoms with E-state index in [0.717, 1.165) is 57.2 Å². The van der Waals surface area contributed by atoms with Crippen molar-refractivity contribution in [3.63, 3.8) is 0 Å². The van der Waals surface area contributed by atoms with E-state index in [1.165, 1.54) is 18.9 Å². The van der Waals surface area contributed by atoms with Crippen LogP contribution >= 0.6 is 46.4 Å². The number of ether oxygens (including phenoxy) is 3. The van der Waals surface area contributed by atoms with Gasteiger partial charge in [0.1, 0.15) is 23.3 Å². The van der Waals surface area contributed by atoms with Crippen molar-refractivity contribution in [2.24, 2.45) is 16.8 Å². The van der Waals surface area contributed by atoms with Gasteiger partial charge in [-0.1, -0.05) is 84.2 Å². The molecule has 6 atom stereocenters. The topological polar surface area (TPSA) is 212 Å². The van der Waals surface area contributed by atoms with Gasteiger partial charge in [-0.2, -0.15) is 0 Å². The van der Waals surface area contributed by atoms with Crippen LogP contribution in [-0.4, -0.2) is 174 Å². The van der Waals surface area contributed by atoms with E-state index < -0.39 is 35.5 Å². The summed E-state index contributed by atoms with van der Waals surface area (Å²) in [5.74, 6) is 0.247. The first-order chi connectivity index (χ1) is 37.7. The van der Waals surface area contributed by atoms with Crippen LogP contribution in [0, 0.1) is 11.8 Å². The Hall–Kier alpha value is -4.39. The largest absolute Gasteiger partial charge is 0.449 e. The Morgan fingerprint density at radius 2 is 1.01 bits per heavy atom. The molecule has 2 aliphatic carbocycles. The second-order valence-electron chi connectivity index (χ2n) is 23.6. The van der Waals surface area contributed by atoms with Gasteiger partial charge in [-0.3, -0.25) is 19.4 Å². The van der Waals surface area contributed by atoms with Gasteiger partial charge in [0.2, 0.25) is 17.9 Å². The van der Waals surface area contributed by atoms with Gasteiger partial charge in [0, 0.05) is 116 Å². The Kier molecular flexibility index (Phi) is 28.1. The number of benzene rings is 2. The Labute approximate surface area is 494 Å². The third-order valence-electron chi connectivity index (χ3n) is 14.2. The van der Waals surface area contributed by atoms with Crippen LogP contribution in [0.5, 0.6) is 0 Å². The van der Waals surface area contributed by atoms with Crippen LogP contribution in [0.1, 0.15) is 132 Å². The number of hydrogen-bond donors (Lipinski definition) is 4. The molecule has 2 unspecified atom stereocenters. The summed E-state index contributed by atoms with van der Waals surface area (Å²) in [5.41, 5.74) is 0.0688. The van der Waals surface area contributed by atoms with Crippen molar-refractivity contribution in [2.45, 2.75) is 181 Å². The quantitative estimate of drug-likeness (QED) is 0.0746. The summed E-state index contributed by atoms with van der Waals surface area (Å²) in [6, 6.07) is 9.41. The van der Waals surface area contributed by atoms with Crippen molar-refractivity contribution in [1.82, 2.24) is 35.6 Å². The number of aliphatic hydroxyl groups excluding tert-OH is 1. The number of aliphatic imine (C=N–C) groups is 1. The van der Waals surface area contributed by atoms with Crippen LogP contribution in [0.3, 0.4) is 0 Å². The number of halogens is 4. The zero-order chi connectivity index (χ0) is 59.3. The molecule has 4 aliphatic rings. The summed E-state index contributed by atoms with van der Waals surface area (Å²) < 4.78 is 16.4. The van der Waals surface area contributed by atoms with E-state index in [9.17, 15) is 33.9 Å². The van der Waals surface area contributed by atoms with Crippen LogP contribution in [0.25, 0.3) is 0 Å².